The molecule has 0 unspecified atom stereocenters. The van der Waals surface area contributed by atoms with Crippen molar-refractivity contribution >= 4 is 6.09 Å². The molecule has 1 aliphatic heterocycles. The van der Waals surface area contributed by atoms with Crippen molar-refractivity contribution in [3.63, 3.8) is 0 Å². The Morgan fingerprint density at radius 3 is 3.00 bits per heavy atom. The number of carbonyl (C=O) groups is 1. The quantitative estimate of drug-likeness (QED) is 0.770. The van der Waals surface area contributed by atoms with E-state index in [4.69, 9.17) is 4.74 Å². The second kappa shape index (κ2) is 3.88. The fraction of sp³-hybridized carbons (Fsp3) is 0.364. The van der Waals surface area contributed by atoms with Crippen LogP contribution in [0.4, 0.5) is 9.18 Å². The third kappa shape index (κ3) is 2.09. The maximum Gasteiger partial charge on any atom is 0.407 e. The lowest BCUT2D eigenvalue weighted by Crippen LogP contribution is -2.35. The van der Waals surface area contributed by atoms with Crippen LogP contribution >= 0.6 is 0 Å². The Labute approximate surface area is 87.2 Å². The van der Waals surface area contributed by atoms with Crippen molar-refractivity contribution in [1.29, 1.82) is 0 Å². The minimum atomic E-state index is -0.438. The van der Waals surface area contributed by atoms with Gasteiger partial charge in [-0.2, -0.15) is 0 Å². The molecule has 0 aliphatic carbocycles. The molecule has 2 rings (SSSR count). The van der Waals surface area contributed by atoms with Crippen molar-refractivity contribution in [3.8, 4) is 0 Å². The minimum absolute atomic E-state index is 0.138. The van der Waals surface area contributed by atoms with Crippen LogP contribution in [0.3, 0.4) is 0 Å². The van der Waals surface area contributed by atoms with Gasteiger partial charge in [0.1, 0.15) is 5.82 Å². The molecule has 1 aliphatic rings. The number of rotatable bonds is 1. The van der Waals surface area contributed by atoms with Gasteiger partial charge in [0.25, 0.3) is 0 Å². The number of nitrogens with one attached hydrogen (secondary N) is 1. The summed E-state index contributed by atoms with van der Waals surface area (Å²) in [4.78, 5) is 11.0. The Morgan fingerprint density at radius 2 is 2.33 bits per heavy atom. The molecule has 80 valence electrons. The first-order chi connectivity index (χ1) is 7.16. The molecule has 4 heteroatoms. The summed E-state index contributed by atoms with van der Waals surface area (Å²) in [5, 5.41) is 2.65. The number of halogens is 1. The molecular formula is C11H12FNO2. The highest BCUT2D eigenvalue weighted by atomic mass is 19.1. The smallest absolute Gasteiger partial charge is 0.407 e. The van der Waals surface area contributed by atoms with Crippen LogP contribution in [-0.4, -0.2) is 12.7 Å². The lowest BCUT2D eigenvalue weighted by Gasteiger charge is -2.23. The summed E-state index contributed by atoms with van der Waals surface area (Å²) in [7, 11) is 0. The van der Waals surface area contributed by atoms with E-state index in [1.165, 1.54) is 6.07 Å². The number of ether oxygens (including phenoxy) is 1. The number of cyclic esters (lactones) is 1. The van der Waals surface area contributed by atoms with Crippen molar-refractivity contribution in [2.45, 2.75) is 19.4 Å². The first-order valence-electron chi connectivity index (χ1n) is 4.86. The predicted molar refractivity (Wildman–Crippen MR) is 53.0 cm³/mol. The molecule has 1 fully saturated rings. The molecule has 1 aromatic carbocycles. The Morgan fingerprint density at radius 1 is 1.53 bits per heavy atom. The van der Waals surface area contributed by atoms with Crippen molar-refractivity contribution in [2.75, 3.05) is 6.61 Å². The van der Waals surface area contributed by atoms with E-state index in [0.717, 1.165) is 5.56 Å². The fourth-order valence-electron chi connectivity index (χ4n) is 1.60. The summed E-state index contributed by atoms with van der Waals surface area (Å²) in [5.41, 5.74) is 1.40. The van der Waals surface area contributed by atoms with Crippen LogP contribution in [0.2, 0.25) is 0 Å². The number of hydrogen-bond donors (Lipinski definition) is 1. The van der Waals surface area contributed by atoms with E-state index in [2.05, 4.69) is 5.32 Å². The van der Waals surface area contributed by atoms with Crippen LogP contribution in [0, 0.1) is 12.7 Å². The third-order valence-corrected chi connectivity index (χ3v) is 2.53. The van der Waals surface area contributed by atoms with E-state index in [1.807, 2.05) is 6.07 Å². The zero-order chi connectivity index (χ0) is 10.8. The molecule has 1 aromatic rings. The Bertz CT molecular complexity index is 392. The van der Waals surface area contributed by atoms with Crippen molar-refractivity contribution in [2.24, 2.45) is 0 Å². The maximum atomic E-state index is 13.3. The Balaban J connectivity index is 2.21. The van der Waals surface area contributed by atoms with Gasteiger partial charge in [0.15, 0.2) is 0 Å². The number of benzene rings is 1. The largest absolute Gasteiger partial charge is 0.449 e. The van der Waals surface area contributed by atoms with Gasteiger partial charge in [-0.05, 0) is 24.1 Å². The lowest BCUT2D eigenvalue weighted by atomic mass is 10.0. The predicted octanol–water partition coefficient (Wildman–Crippen LogP) is 2.31. The number of aryl methyl sites for hydroxylation is 1. The van der Waals surface area contributed by atoms with E-state index in [-0.39, 0.29) is 11.9 Å². The fourth-order valence-corrected chi connectivity index (χ4v) is 1.60. The van der Waals surface area contributed by atoms with Gasteiger partial charge in [-0.1, -0.05) is 12.1 Å². The molecule has 0 spiro atoms. The van der Waals surface area contributed by atoms with Crippen molar-refractivity contribution in [3.05, 3.63) is 35.1 Å². The highest BCUT2D eigenvalue weighted by Gasteiger charge is 2.21. The zero-order valence-electron chi connectivity index (χ0n) is 8.42. The summed E-state index contributed by atoms with van der Waals surface area (Å²) in [5.74, 6) is -0.242. The molecule has 3 nitrogen and oxygen atoms in total. The van der Waals surface area contributed by atoms with Crippen LogP contribution in [-0.2, 0) is 4.74 Å². The van der Waals surface area contributed by atoms with Gasteiger partial charge in [-0.25, -0.2) is 9.18 Å². The number of alkyl carbamates (subject to hydrolysis) is 1. The van der Waals surface area contributed by atoms with Crippen LogP contribution in [0.25, 0.3) is 0 Å². The van der Waals surface area contributed by atoms with Gasteiger partial charge in [0.05, 0.1) is 12.6 Å². The average molecular weight is 209 g/mol. The van der Waals surface area contributed by atoms with Crippen molar-refractivity contribution < 1.29 is 13.9 Å². The first kappa shape index (κ1) is 9.96. The standard InChI is InChI=1S/C11H12FNO2/c1-7-2-3-8(6-9(7)12)10-4-5-15-11(14)13-10/h2-3,6,10H,4-5H2,1H3,(H,13,14)/t10-/m0/s1. The van der Waals surface area contributed by atoms with Gasteiger partial charge in [0.2, 0.25) is 0 Å². The topological polar surface area (TPSA) is 38.3 Å². The summed E-state index contributed by atoms with van der Waals surface area (Å²) >= 11 is 0. The van der Waals surface area contributed by atoms with Gasteiger partial charge in [-0.15, -0.1) is 0 Å². The second-order valence-corrected chi connectivity index (χ2v) is 3.63. The molecule has 1 amide bonds. The number of carbonyl (C=O) groups excluding carboxylic acids is 1. The number of amides is 1. The zero-order valence-corrected chi connectivity index (χ0v) is 8.42. The van der Waals surface area contributed by atoms with Crippen LogP contribution in [0.15, 0.2) is 18.2 Å². The Hall–Kier alpha value is -1.58. The Kier molecular flexibility index (Phi) is 2.58. The average Bonchev–Trinajstić information content (AvgIpc) is 2.22. The van der Waals surface area contributed by atoms with Crippen molar-refractivity contribution in [1.82, 2.24) is 5.32 Å². The molecule has 1 N–H and O–H groups in total. The van der Waals surface area contributed by atoms with Gasteiger partial charge < -0.3 is 10.1 Å². The van der Waals surface area contributed by atoms with Crippen LogP contribution in [0.5, 0.6) is 0 Å². The van der Waals surface area contributed by atoms with Gasteiger partial charge in [-0.3, -0.25) is 0 Å². The highest BCUT2D eigenvalue weighted by Crippen LogP contribution is 2.21. The van der Waals surface area contributed by atoms with E-state index in [1.54, 1.807) is 13.0 Å². The summed E-state index contributed by atoms with van der Waals surface area (Å²) < 4.78 is 18.0. The summed E-state index contributed by atoms with van der Waals surface area (Å²) in [6.45, 7) is 2.09. The van der Waals surface area contributed by atoms with Gasteiger partial charge >= 0.3 is 6.09 Å². The number of hydrogen-bond acceptors (Lipinski definition) is 2. The molecule has 0 saturated carbocycles. The molecular weight excluding hydrogens is 197 g/mol. The SMILES string of the molecule is Cc1ccc([C@@H]2CCOC(=O)N2)cc1F. The van der Waals surface area contributed by atoms with E-state index >= 15 is 0 Å². The second-order valence-electron chi connectivity index (χ2n) is 3.63. The molecule has 15 heavy (non-hydrogen) atoms. The molecule has 0 bridgehead atoms. The lowest BCUT2D eigenvalue weighted by molar-refractivity contribution is 0.115. The van der Waals surface area contributed by atoms with E-state index in [9.17, 15) is 9.18 Å². The van der Waals surface area contributed by atoms with Crippen LogP contribution < -0.4 is 5.32 Å². The summed E-state index contributed by atoms with van der Waals surface area (Å²) in [6, 6.07) is 4.87. The molecule has 1 heterocycles. The normalized spacial score (nSPS) is 20.7. The van der Waals surface area contributed by atoms with E-state index in [0.29, 0.717) is 18.6 Å². The molecule has 1 saturated heterocycles. The van der Waals surface area contributed by atoms with Crippen LogP contribution in [0.1, 0.15) is 23.6 Å². The third-order valence-electron chi connectivity index (χ3n) is 2.53. The monoisotopic (exact) mass is 209 g/mol. The molecule has 0 aromatic heterocycles. The maximum absolute atomic E-state index is 13.3. The van der Waals surface area contributed by atoms with E-state index < -0.39 is 6.09 Å². The molecule has 1 atom stereocenters. The minimum Gasteiger partial charge on any atom is -0.449 e. The highest BCUT2D eigenvalue weighted by molar-refractivity contribution is 5.68. The summed E-state index contributed by atoms with van der Waals surface area (Å²) in [6.07, 6.45) is 0.237. The molecule has 0 radical (unpaired) electrons. The van der Waals surface area contributed by atoms with Gasteiger partial charge in [0, 0.05) is 6.42 Å². The first-order valence-corrected chi connectivity index (χ1v) is 4.86.